The lowest BCUT2D eigenvalue weighted by Crippen LogP contribution is -2.29. The van der Waals surface area contributed by atoms with Gasteiger partial charge in [-0.05, 0) is 44.0 Å². The van der Waals surface area contributed by atoms with Crippen molar-refractivity contribution in [3.63, 3.8) is 0 Å². The van der Waals surface area contributed by atoms with E-state index in [1.165, 1.54) is 0 Å². The fraction of sp³-hybridized carbons (Fsp3) is 0.667. The van der Waals surface area contributed by atoms with E-state index in [1.54, 1.807) is 0 Å². The number of nitrogens with one attached hydrogen (secondary N) is 2. The molecule has 1 unspecified atom stereocenters. The maximum atomic E-state index is 4.30. The summed E-state index contributed by atoms with van der Waals surface area (Å²) in [6, 6.07) is 0.315. The van der Waals surface area contributed by atoms with Gasteiger partial charge in [0.25, 0.3) is 0 Å². The zero-order chi connectivity index (χ0) is 10.7. The van der Waals surface area contributed by atoms with Gasteiger partial charge < -0.3 is 10.3 Å². The molecule has 0 aliphatic heterocycles. The molecular formula is C9H17BrN4. The molecule has 5 heteroatoms. The number of hydrogen-bond donors (Lipinski definition) is 2. The molecule has 0 aromatic carbocycles. The molecule has 80 valence electrons. The van der Waals surface area contributed by atoms with Crippen molar-refractivity contribution in [2.24, 2.45) is 0 Å². The van der Waals surface area contributed by atoms with Crippen LogP contribution in [0.25, 0.3) is 0 Å². The van der Waals surface area contributed by atoms with Crippen LogP contribution in [0.5, 0.6) is 0 Å². The minimum absolute atomic E-state index is 0.315. The number of aromatic amines is 1. The van der Waals surface area contributed by atoms with Gasteiger partial charge in [-0.25, -0.2) is 4.98 Å². The summed E-state index contributed by atoms with van der Waals surface area (Å²) in [5, 5.41) is 3.17. The molecule has 0 aliphatic rings. The number of H-pyrrole nitrogens is 1. The van der Waals surface area contributed by atoms with Gasteiger partial charge in [-0.2, -0.15) is 0 Å². The Bertz CT molecular complexity index is 295. The first-order chi connectivity index (χ1) is 6.56. The summed E-state index contributed by atoms with van der Waals surface area (Å²) in [4.78, 5) is 9.74. The zero-order valence-corrected chi connectivity index (χ0v) is 10.6. The van der Waals surface area contributed by atoms with Crippen molar-refractivity contribution in [3.8, 4) is 0 Å². The van der Waals surface area contributed by atoms with Crippen molar-refractivity contribution >= 4 is 15.9 Å². The fourth-order valence-electron chi connectivity index (χ4n) is 1.44. The van der Waals surface area contributed by atoms with Crippen molar-refractivity contribution < 1.29 is 0 Å². The molecule has 0 amide bonds. The van der Waals surface area contributed by atoms with E-state index in [-0.39, 0.29) is 0 Å². The highest BCUT2D eigenvalue weighted by atomic mass is 79.9. The van der Waals surface area contributed by atoms with Crippen LogP contribution >= 0.6 is 15.9 Å². The molecule has 1 atom stereocenters. The number of aryl methyl sites for hydroxylation is 1. The Hall–Kier alpha value is -0.390. The Morgan fingerprint density at radius 3 is 2.57 bits per heavy atom. The predicted octanol–water partition coefficient (Wildman–Crippen LogP) is 1.30. The summed E-state index contributed by atoms with van der Waals surface area (Å²) in [7, 11) is 6.07. The third kappa shape index (κ3) is 2.56. The van der Waals surface area contributed by atoms with Crippen LogP contribution in [-0.4, -0.2) is 42.6 Å². The summed E-state index contributed by atoms with van der Waals surface area (Å²) in [6.07, 6.45) is 0. The van der Waals surface area contributed by atoms with Crippen LogP contribution in [0.4, 0.5) is 0 Å². The van der Waals surface area contributed by atoms with E-state index < -0.39 is 0 Å². The SMILES string of the molecule is CNCC(c1[nH]c(C)nc1Br)N(C)C. The number of aromatic nitrogens is 2. The molecule has 14 heavy (non-hydrogen) atoms. The predicted molar refractivity (Wildman–Crippen MR) is 61.4 cm³/mol. The number of rotatable bonds is 4. The lowest BCUT2D eigenvalue weighted by atomic mass is 10.2. The minimum Gasteiger partial charge on any atom is -0.344 e. The van der Waals surface area contributed by atoms with Gasteiger partial charge >= 0.3 is 0 Å². The van der Waals surface area contributed by atoms with E-state index >= 15 is 0 Å². The highest BCUT2D eigenvalue weighted by Crippen LogP contribution is 2.23. The van der Waals surface area contributed by atoms with Crippen LogP contribution in [0.15, 0.2) is 4.60 Å². The van der Waals surface area contributed by atoms with Crippen LogP contribution in [0.3, 0.4) is 0 Å². The Morgan fingerprint density at radius 2 is 2.21 bits per heavy atom. The second-order valence-corrected chi connectivity index (χ2v) is 4.31. The average molecular weight is 261 g/mol. The average Bonchev–Trinajstić information content (AvgIpc) is 2.40. The third-order valence-electron chi connectivity index (χ3n) is 2.16. The third-order valence-corrected chi connectivity index (χ3v) is 2.76. The summed E-state index contributed by atoms with van der Waals surface area (Å²) in [6.45, 7) is 2.85. The van der Waals surface area contributed by atoms with Gasteiger partial charge in [0.2, 0.25) is 0 Å². The molecule has 0 saturated carbocycles. The standard InChI is InChI=1S/C9H17BrN4/c1-6-12-8(9(10)13-6)7(5-11-2)14(3)4/h7,11H,5H2,1-4H3,(H,12,13). The second-order valence-electron chi connectivity index (χ2n) is 3.56. The fourth-order valence-corrected chi connectivity index (χ4v) is 2.07. The van der Waals surface area contributed by atoms with Crippen LogP contribution in [-0.2, 0) is 0 Å². The first-order valence-corrected chi connectivity index (χ1v) is 5.38. The van der Waals surface area contributed by atoms with E-state index in [0.717, 1.165) is 22.7 Å². The lowest BCUT2D eigenvalue weighted by Gasteiger charge is -2.23. The minimum atomic E-state index is 0.315. The monoisotopic (exact) mass is 260 g/mol. The van der Waals surface area contributed by atoms with Crippen molar-refractivity contribution in [1.29, 1.82) is 0 Å². The number of imidazole rings is 1. The van der Waals surface area contributed by atoms with Gasteiger partial charge in [-0.3, -0.25) is 4.90 Å². The Morgan fingerprint density at radius 1 is 1.57 bits per heavy atom. The van der Waals surface area contributed by atoms with Crippen LogP contribution < -0.4 is 5.32 Å². The number of nitrogens with zero attached hydrogens (tertiary/aromatic N) is 2. The zero-order valence-electron chi connectivity index (χ0n) is 9.06. The molecule has 1 rings (SSSR count). The molecular weight excluding hydrogens is 244 g/mol. The van der Waals surface area contributed by atoms with Gasteiger partial charge in [0, 0.05) is 6.54 Å². The summed E-state index contributed by atoms with van der Waals surface area (Å²) in [5.41, 5.74) is 1.13. The van der Waals surface area contributed by atoms with Crippen molar-refractivity contribution in [3.05, 3.63) is 16.1 Å². The molecule has 0 radical (unpaired) electrons. The van der Waals surface area contributed by atoms with E-state index in [9.17, 15) is 0 Å². The van der Waals surface area contributed by atoms with Gasteiger partial charge in [0.1, 0.15) is 10.4 Å². The molecule has 1 heterocycles. The second kappa shape index (κ2) is 4.91. The molecule has 1 aromatic heterocycles. The summed E-state index contributed by atoms with van der Waals surface area (Å²) < 4.78 is 0.906. The number of likely N-dealkylation sites (N-methyl/N-ethyl adjacent to an activating group) is 2. The van der Waals surface area contributed by atoms with Gasteiger partial charge in [-0.1, -0.05) is 0 Å². The topological polar surface area (TPSA) is 44.0 Å². The highest BCUT2D eigenvalue weighted by molar-refractivity contribution is 9.10. The molecule has 2 N–H and O–H groups in total. The van der Waals surface area contributed by atoms with E-state index in [2.05, 4.69) is 50.2 Å². The molecule has 1 aromatic rings. The lowest BCUT2D eigenvalue weighted by molar-refractivity contribution is 0.288. The maximum absolute atomic E-state index is 4.30. The van der Waals surface area contributed by atoms with Gasteiger partial charge in [-0.15, -0.1) is 0 Å². The largest absolute Gasteiger partial charge is 0.344 e. The summed E-state index contributed by atoms with van der Waals surface area (Å²) in [5.74, 6) is 0.940. The Labute approximate surface area is 93.2 Å². The highest BCUT2D eigenvalue weighted by Gasteiger charge is 2.18. The first-order valence-electron chi connectivity index (χ1n) is 4.59. The smallest absolute Gasteiger partial charge is 0.129 e. The van der Waals surface area contributed by atoms with E-state index in [1.807, 2.05) is 14.0 Å². The Kier molecular flexibility index (Phi) is 4.10. The molecule has 0 spiro atoms. The normalized spacial score (nSPS) is 13.6. The number of halogens is 1. The molecule has 4 nitrogen and oxygen atoms in total. The van der Waals surface area contributed by atoms with Crippen LogP contribution in [0.1, 0.15) is 17.6 Å². The van der Waals surface area contributed by atoms with E-state index in [4.69, 9.17) is 0 Å². The Balaban J connectivity index is 2.92. The molecule has 0 saturated heterocycles. The van der Waals surface area contributed by atoms with E-state index in [0.29, 0.717) is 6.04 Å². The molecule has 0 bridgehead atoms. The number of hydrogen-bond acceptors (Lipinski definition) is 3. The van der Waals surface area contributed by atoms with Crippen molar-refractivity contribution in [1.82, 2.24) is 20.2 Å². The maximum Gasteiger partial charge on any atom is 0.129 e. The molecule has 0 fully saturated rings. The summed E-state index contributed by atoms with van der Waals surface area (Å²) >= 11 is 3.46. The first kappa shape index (κ1) is 11.7. The van der Waals surface area contributed by atoms with Gasteiger partial charge in [0.15, 0.2) is 0 Å². The van der Waals surface area contributed by atoms with Crippen molar-refractivity contribution in [2.75, 3.05) is 27.7 Å². The molecule has 0 aliphatic carbocycles. The van der Waals surface area contributed by atoms with Gasteiger partial charge in [0.05, 0.1) is 11.7 Å². The quantitative estimate of drug-likeness (QED) is 0.858. The van der Waals surface area contributed by atoms with Crippen molar-refractivity contribution in [2.45, 2.75) is 13.0 Å². The van der Waals surface area contributed by atoms with Crippen LogP contribution in [0, 0.1) is 6.92 Å². The van der Waals surface area contributed by atoms with Crippen LogP contribution in [0.2, 0.25) is 0 Å².